The largest absolute Gasteiger partial charge is 0.508 e. The summed E-state index contributed by atoms with van der Waals surface area (Å²) in [6.07, 6.45) is 4.49. The molecule has 0 atom stereocenters. The average Bonchev–Trinajstić information content (AvgIpc) is 2.88. The molecule has 0 fully saturated rings. The number of rotatable bonds is 6. The van der Waals surface area contributed by atoms with Crippen molar-refractivity contribution in [2.45, 2.75) is 19.4 Å². The number of nitrogens with zero attached hydrogens (tertiary/aromatic N) is 3. The molecule has 1 aromatic heterocycles. The first-order chi connectivity index (χ1) is 9.24. The highest BCUT2D eigenvalue weighted by Gasteiger charge is 2.03. The number of carbonyl (C=O) groups excluding carboxylic acids is 1. The summed E-state index contributed by atoms with van der Waals surface area (Å²) in [5.41, 5.74) is 0.800. The van der Waals surface area contributed by atoms with Gasteiger partial charge in [0.15, 0.2) is 0 Å². The van der Waals surface area contributed by atoms with Crippen LogP contribution in [0.2, 0.25) is 0 Å². The Balaban J connectivity index is 1.67. The second-order valence-electron chi connectivity index (χ2n) is 4.22. The topological polar surface area (TPSA) is 80.0 Å². The van der Waals surface area contributed by atoms with Gasteiger partial charge in [-0.2, -0.15) is 0 Å². The van der Waals surface area contributed by atoms with Crippen molar-refractivity contribution in [2.24, 2.45) is 0 Å². The first kappa shape index (κ1) is 13.1. The zero-order valence-electron chi connectivity index (χ0n) is 10.5. The molecule has 100 valence electrons. The molecule has 0 saturated carbocycles. The van der Waals surface area contributed by atoms with Crippen molar-refractivity contribution < 1.29 is 9.90 Å². The maximum atomic E-state index is 11.7. The standard InChI is InChI=1S/C13H16N4O2/c18-12-4-1-3-11(9-12)10-13(19)14-5-2-7-17-8-6-15-16-17/h1,3-4,6,8-9,18H,2,5,7,10H2,(H,14,19). The van der Waals surface area contributed by atoms with E-state index in [-0.39, 0.29) is 18.1 Å². The number of benzene rings is 1. The lowest BCUT2D eigenvalue weighted by molar-refractivity contribution is -0.120. The van der Waals surface area contributed by atoms with E-state index in [0.717, 1.165) is 18.5 Å². The molecule has 2 rings (SSSR count). The molecule has 0 spiro atoms. The van der Waals surface area contributed by atoms with Crippen molar-refractivity contribution in [3.05, 3.63) is 42.2 Å². The van der Waals surface area contributed by atoms with Gasteiger partial charge in [-0.05, 0) is 24.1 Å². The van der Waals surface area contributed by atoms with E-state index in [1.165, 1.54) is 0 Å². The lowest BCUT2D eigenvalue weighted by atomic mass is 10.1. The average molecular weight is 260 g/mol. The van der Waals surface area contributed by atoms with E-state index >= 15 is 0 Å². The molecule has 1 aromatic carbocycles. The second kappa shape index (κ2) is 6.53. The van der Waals surface area contributed by atoms with Crippen LogP contribution in [0.4, 0.5) is 0 Å². The lowest BCUT2D eigenvalue weighted by Crippen LogP contribution is -2.26. The Kier molecular flexibility index (Phi) is 4.49. The molecule has 6 heteroatoms. The number of amides is 1. The minimum Gasteiger partial charge on any atom is -0.508 e. The Labute approximate surface area is 111 Å². The Bertz CT molecular complexity index is 525. The van der Waals surface area contributed by atoms with Crippen molar-refractivity contribution in [1.29, 1.82) is 0 Å². The van der Waals surface area contributed by atoms with Crippen molar-refractivity contribution >= 4 is 5.91 Å². The van der Waals surface area contributed by atoms with Crippen molar-refractivity contribution in [3.63, 3.8) is 0 Å². The van der Waals surface area contributed by atoms with Crippen LogP contribution in [0.3, 0.4) is 0 Å². The van der Waals surface area contributed by atoms with Crippen LogP contribution in [-0.4, -0.2) is 32.6 Å². The van der Waals surface area contributed by atoms with Crippen LogP contribution in [0, 0.1) is 0 Å². The van der Waals surface area contributed by atoms with E-state index in [0.29, 0.717) is 6.54 Å². The zero-order chi connectivity index (χ0) is 13.5. The maximum Gasteiger partial charge on any atom is 0.224 e. The third kappa shape index (κ3) is 4.42. The Morgan fingerprint density at radius 3 is 3.05 bits per heavy atom. The van der Waals surface area contributed by atoms with Crippen LogP contribution in [0.1, 0.15) is 12.0 Å². The highest BCUT2D eigenvalue weighted by molar-refractivity contribution is 5.78. The van der Waals surface area contributed by atoms with Gasteiger partial charge in [-0.3, -0.25) is 9.48 Å². The summed E-state index contributed by atoms with van der Waals surface area (Å²) in [6, 6.07) is 6.71. The Hall–Kier alpha value is -2.37. The molecular weight excluding hydrogens is 244 g/mol. The fraction of sp³-hybridized carbons (Fsp3) is 0.308. The molecule has 0 aliphatic rings. The highest BCUT2D eigenvalue weighted by Crippen LogP contribution is 2.11. The molecule has 2 aromatic rings. The summed E-state index contributed by atoms with van der Waals surface area (Å²) in [7, 11) is 0. The molecule has 1 heterocycles. The quantitative estimate of drug-likeness (QED) is 0.750. The van der Waals surface area contributed by atoms with Crippen LogP contribution >= 0.6 is 0 Å². The first-order valence-corrected chi connectivity index (χ1v) is 6.13. The normalized spacial score (nSPS) is 10.3. The first-order valence-electron chi connectivity index (χ1n) is 6.13. The van der Waals surface area contributed by atoms with E-state index < -0.39 is 0 Å². The fourth-order valence-electron chi connectivity index (χ4n) is 1.74. The minimum atomic E-state index is -0.0517. The van der Waals surface area contributed by atoms with Gasteiger partial charge in [-0.15, -0.1) is 5.10 Å². The SMILES string of the molecule is O=C(Cc1cccc(O)c1)NCCCn1ccnn1. The van der Waals surface area contributed by atoms with Gasteiger partial charge in [-0.25, -0.2) is 0 Å². The highest BCUT2D eigenvalue weighted by atomic mass is 16.3. The van der Waals surface area contributed by atoms with Gasteiger partial charge >= 0.3 is 0 Å². The number of phenolic OH excluding ortho intramolecular Hbond substituents is 1. The van der Waals surface area contributed by atoms with E-state index in [1.807, 2.05) is 6.07 Å². The predicted molar refractivity (Wildman–Crippen MR) is 69.5 cm³/mol. The number of hydrogen-bond acceptors (Lipinski definition) is 4. The van der Waals surface area contributed by atoms with Crippen molar-refractivity contribution in [1.82, 2.24) is 20.3 Å². The molecule has 19 heavy (non-hydrogen) atoms. The third-order valence-electron chi connectivity index (χ3n) is 2.63. The van der Waals surface area contributed by atoms with Crippen LogP contribution in [0.5, 0.6) is 5.75 Å². The Morgan fingerprint density at radius 1 is 1.42 bits per heavy atom. The number of hydrogen-bond donors (Lipinski definition) is 2. The number of aryl methyl sites for hydroxylation is 1. The van der Waals surface area contributed by atoms with Crippen LogP contribution in [0.15, 0.2) is 36.7 Å². The van der Waals surface area contributed by atoms with Gasteiger partial charge < -0.3 is 10.4 Å². The van der Waals surface area contributed by atoms with Gasteiger partial charge in [0, 0.05) is 19.3 Å². The Morgan fingerprint density at radius 2 is 2.32 bits per heavy atom. The van der Waals surface area contributed by atoms with Crippen molar-refractivity contribution in [3.8, 4) is 5.75 Å². The predicted octanol–water partition coefficient (Wildman–Crippen LogP) is 0.733. The van der Waals surface area contributed by atoms with Crippen LogP contribution in [0.25, 0.3) is 0 Å². The molecular formula is C13H16N4O2. The van der Waals surface area contributed by atoms with E-state index in [9.17, 15) is 9.90 Å². The maximum absolute atomic E-state index is 11.7. The van der Waals surface area contributed by atoms with Gasteiger partial charge in [0.05, 0.1) is 12.6 Å². The molecule has 0 unspecified atom stereocenters. The summed E-state index contributed by atoms with van der Waals surface area (Å²) in [5.74, 6) is 0.126. The molecule has 0 radical (unpaired) electrons. The molecule has 0 saturated heterocycles. The molecule has 2 N–H and O–H groups in total. The number of aromatic nitrogens is 3. The van der Waals surface area contributed by atoms with Gasteiger partial charge in [-0.1, -0.05) is 17.3 Å². The minimum absolute atomic E-state index is 0.0517. The van der Waals surface area contributed by atoms with Gasteiger partial charge in [0.2, 0.25) is 5.91 Å². The molecule has 0 aliphatic carbocycles. The molecule has 0 bridgehead atoms. The summed E-state index contributed by atoms with van der Waals surface area (Å²) in [5, 5.41) is 19.7. The summed E-state index contributed by atoms with van der Waals surface area (Å²) in [4.78, 5) is 11.7. The van der Waals surface area contributed by atoms with E-state index in [2.05, 4.69) is 15.6 Å². The van der Waals surface area contributed by atoms with Gasteiger partial charge in [0.25, 0.3) is 0 Å². The number of aromatic hydroxyl groups is 1. The smallest absolute Gasteiger partial charge is 0.224 e. The number of nitrogens with one attached hydrogen (secondary N) is 1. The zero-order valence-corrected chi connectivity index (χ0v) is 10.5. The molecule has 1 amide bonds. The second-order valence-corrected chi connectivity index (χ2v) is 4.22. The van der Waals surface area contributed by atoms with E-state index in [1.54, 1.807) is 35.3 Å². The van der Waals surface area contributed by atoms with Crippen molar-refractivity contribution in [2.75, 3.05) is 6.54 Å². The van der Waals surface area contributed by atoms with Crippen LogP contribution < -0.4 is 5.32 Å². The summed E-state index contributed by atoms with van der Waals surface area (Å²) in [6.45, 7) is 1.32. The van der Waals surface area contributed by atoms with Crippen LogP contribution in [-0.2, 0) is 17.8 Å². The monoisotopic (exact) mass is 260 g/mol. The molecule has 6 nitrogen and oxygen atoms in total. The number of phenols is 1. The van der Waals surface area contributed by atoms with E-state index in [4.69, 9.17) is 0 Å². The summed E-state index contributed by atoms with van der Waals surface area (Å²) >= 11 is 0. The lowest BCUT2D eigenvalue weighted by Gasteiger charge is -2.05. The van der Waals surface area contributed by atoms with Gasteiger partial charge in [0.1, 0.15) is 5.75 Å². The fourth-order valence-corrected chi connectivity index (χ4v) is 1.74. The summed E-state index contributed by atoms with van der Waals surface area (Å²) < 4.78 is 1.72. The third-order valence-corrected chi connectivity index (χ3v) is 2.63. The number of carbonyl (C=O) groups is 1. The molecule has 0 aliphatic heterocycles.